The van der Waals surface area contributed by atoms with Crippen LogP contribution >= 0.6 is 0 Å². The smallest absolute Gasteiger partial charge is 0.335 e. The van der Waals surface area contributed by atoms with Crippen LogP contribution in [0.3, 0.4) is 0 Å². The molecule has 0 aliphatic carbocycles. The molecule has 0 N–H and O–H groups in total. The number of ether oxygens (including phenoxy) is 4. The third kappa shape index (κ3) is 2.80. The lowest BCUT2D eigenvalue weighted by molar-refractivity contribution is -0.225. The van der Waals surface area contributed by atoms with Gasteiger partial charge in [-0.2, -0.15) is 0 Å². The quantitative estimate of drug-likeness (QED) is 0.766. The minimum atomic E-state index is -0.559. The van der Waals surface area contributed by atoms with Gasteiger partial charge in [0.1, 0.15) is 5.75 Å². The Bertz CT molecular complexity index is 400. The summed E-state index contributed by atoms with van der Waals surface area (Å²) in [6, 6.07) is 7.35. The lowest BCUT2D eigenvalue weighted by Crippen LogP contribution is -2.34. The van der Waals surface area contributed by atoms with E-state index in [0.717, 1.165) is 11.3 Å². The van der Waals surface area contributed by atoms with Crippen LogP contribution in [-0.2, 0) is 19.0 Å². The van der Waals surface area contributed by atoms with E-state index in [1.165, 1.54) is 7.11 Å². The highest BCUT2D eigenvalue weighted by Gasteiger charge is 2.29. The highest BCUT2D eigenvalue weighted by Crippen LogP contribution is 2.27. The standard InChI is InChI=1S/C13H16O5/c1-15-10-5-3-9(4-6-10)13-17-8-7-11(18-13)12(14)16-2/h3-6,11,13H,7-8H2,1-2H3/t11-,13-/m0/s1. The Labute approximate surface area is 106 Å². The van der Waals surface area contributed by atoms with Gasteiger partial charge in [0.25, 0.3) is 0 Å². The average molecular weight is 252 g/mol. The van der Waals surface area contributed by atoms with E-state index in [0.29, 0.717) is 13.0 Å². The van der Waals surface area contributed by atoms with E-state index < -0.39 is 12.4 Å². The van der Waals surface area contributed by atoms with E-state index in [1.807, 2.05) is 24.3 Å². The predicted octanol–water partition coefficient (Wildman–Crippen LogP) is 1.67. The van der Waals surface area contributed by atoms with Crippen LogP contribution in [0, 0.1) is 0 Å². The molecule has 0 bridgehead atoms. The van der Waals surface area contributed by atoms with Gasteiger partial charge in [-0.05, 0) is 12.1 Å². The summed E-state index contributed by atoms with van der Waals surface area (Å²) in [5, 5.41) is 0. The van der Waals surface area contributed by atoms with Crippen LogP contribution in [0.1, 0.15) is 18.3 Å². The Morgan fingerprint density at radius 1 is 1.28 bits per heavy atom. The van der Waals surface area contributed by atoms with Gasteiger partial charge in [-0.15, -0.1) is 0 Å². The van der Waals surface area contributed by atoms with Gasteiger partial charge in [-0.3, -0.25) is 0 Å². The van der Waals surface area contributed by atoms with Crippen LogP contribution < -0.4 is 4.74 Å². The van der Waals surface area contributed by atoms with E-state index in [9.17, 15) is 4.79 Å². The molecule has 2 rings (SSSR count). The Balaban J connectivity index is 2.05. The van der Waals surface area contributed by atoms with E-state index in [-0.39, 0.29) is 5.97 Å². The van der Waals surface area contributed by atoms with E-state index in [1.54, 1.807) is 7.11 Å². The number of rotatable bonds is 3. The van der Waals surface area contributed by atoms with Crippen molar-refractivity contribution in [2.75, 3.05) is 20.8 Å². The molecule has 5 heteroatoms. The van der Waals surface area contributed by atoms with Crippen molar-refractivity contribution < 1.29 is 23.7 Å². The van der Waals surface area contributed by atoms with Crippen LogP contribution in [0.4, 0.5) is 0 Å². The van der Waals surface area contributed by atoms with Gasteiger partial charge in [0.15, 0.2) is 12.4 Å². The molecule has 1 aliphatic rings. The number of methoxy groups -OCH3 is 2. The molecule has 1 aromatic carbocycles. The molecule has 0 aromatic heterocycles. The van der Waals surface area contributed by atoms with E-state index in [2.05, 4.69) is 4.74 Å². The van der Waals surface area contributed by atoms with Crippen molar-refractivity contribution in [3.05, 3.63) is 29.8 Å². The topological polar surface area (TPSA) is 54.0 Å². The monoisotopic (exact) mass is 252 g/mol. The molecule has 1 aromatic rings. The fourth-order valence-corrected chi connectivity index (χ4v) is 1.78. The first-order valence-corrected chi connectivity index (χ1v) is 5.73. The zero-order valence-electron chi connectivity index (χ0n) is 10.4. The molecule has 1 saturated heterocycles. The molecule has 0 unspecified atom stereocenters. The molecule has 2 atom stereocenters. The SMILES string of the molecule is COC(=O)[C@@H]1CCO[C@H](c2ccc(OC)cc2)O1. The average Bonchev–Trinajstić information content (AvgIpc) is 2.46. The van der Waals surface area contributed by atoms with Crippen molar-refractivity contribution in [3.8, 4) is 5.75 Å². The van der Waals surface area contributed by atoms with Gasteiger partial charge >= 0.3 is 5.97 Å². The molecule has 5 nitrogen and oxygen atoms in total. The third-order valence-corrected chi connectivity index (χ3v) is 2.79. The number of esters is 1. The maximum absolute atomic E-state index is 11.4. The van der Waals surface area contributed by atoms with Crippen molar-refractivity contribution in [2.45, 2.75) is 18.8 Å². The number of benzene rings is 1. The lowest BCUT2D eigenvalue weighted by atomic mass is 10.1. The molecule has 0 saturated carbocycles. The number of carbonyl (C=O) groups excluding carboxylic acids is 1. The van der Waals surface area contributed by atoms with Crippen LogP contribution in [0.15, 0.2) is 24.3 Å². The summed E-state index contributed by atoms with van der Waals surface area (Å²) in [5.74, 6) is 0.399. The largest absolute Gasteiger partial charge is 0.497 e. The van der Waals surface area contributed by atoms with Crippen LogP contribution in [-0.4, -0.2) is 32.9 Å². The zero-order valence-corrected chi connectivity index (χ0v) is 10.4. The summed E-state index contributed by atoms with van der Waals surface area (Å²) in [6.45, 7) is 0.469. The minimum Gasteiger partial charge on any atom is -0.497 e. The Morgan fingerprint density at radius 3 is 2.61 bits per heavy atom. The van der Waals surface area contributed by atoms with Gasteiger partial charge in [0.05, 0.1) is 20.8 Å². The number of carbonyl (C=O) groups is 1. The Hall–Kier alpha value is -1.59. The Kier molecular flexibility index (Phi) is 4.17. The molecule has 0 amide bonds. The van der Waals surface area contributed by atoms with Crippen molar-refractivity contribution in [3.63, 3.8) is 0 Å². The van der Waals surface area contributed by atoms with Gasteiger partial charge in [0.2, 0.25) is 0 Å². The minimum absolute atomic E-state index is 0.364. The van der Waals surface area contributed by atoms with Crippen molar-refractivity contribution >= 4 is 5.97 Å². The van der Waals surface area contributed by atoms with Gasteiger partial charge in [-0.25, -0.2) is 4.79 Å². The van der Waals surface area contributed by atoms with Crippen molar-refractivity contribution in [1.29, 1.82) is 0 Å². The Morgan fingerprint density at radius 2 is 2.00 bits per heavy atom. The van der Waals surface area contributed by atoms with E-state index in [4.69, 9.17) is 14.2 Å². The summed E-state index contributed by atoms with van der Waals surface area (Å²) >= 11 is 0. The fourth-order valence-electron chi connectivity index (χ4n) is 1.78. The van der Waals surface area contributed by atoms with E-state index >= 15 is 0 Å². The molecule has 98 valence electrons. The predicted molar refractivity (Wildman–Crippen MR) is 63.2 cm³/mol. The second-order valence-corrected chi connectivity index (χ2v) is 3.91. The summed E-state index contributed by atoms with van der Waals surface area (Å²) < 4.78 is 20.8. The van der Waals surface area contributed by atoms with Gasteiger partial charge in [-0.1, -0.05) is 12.1 Å². The van der Waals surface area contributed by atoms with Gasteiger partial charge in [0, 0.05) is 12.0 Å². The number of hydrogen-bond acceptors (Lipinski definition) is 5. The maximum Gasteiger partial charge on any atom is 0.335 e. The second kappa shape index (κ2) is 5.84. The molecular weight excluding hydrogens is 236 g/mol. The molecule has 0 spiro atoms. The molecular formula is C13H16O5. The zero-order chi connectivity index (χ0) is 13.0. The highest BCUT2D eigenvalue weighted by molar-refractivity contribution is 5.74. The normalized spacial score (nSPS) is 23.4. The first kappa shape index (κ1) is 12.9. The summed E-state index contributed by atoms with van der Waals surface area (Å²) in [6.07, 6.45) is -0.580. The molecule has 0 radical (unpaired) electrons. The van der Waals surface area contributed by atoms with Crippen LogP contribution in [0.5, 0.6) is 5.75 Å². The lowest BCUT2D eigenvalue weighted by Gasteiger charge is -2.28. The first-order chi connectivity index (χ1) is 8.74. The van der Waals surface area contributed by atoms with Crippen molar-refractivity contribution in [1.82, 2.24) is 0 Å². The highest BCUT2D eigenvalue weighted by atomic mass is 16.7. The molecule has 1 heterocycles. The fraction of sp³-hybridized carbons (Fsp3) is 0.462. The third-order valence-electron chi connectivity index (χ3n) is 2.79. The van der Waals surface area contributed by atoms with Gasteiger partial charge < -0.3 is 18.9 Å². The second-order valence-electron chi connectivity index (χ2n) is 3.91. The summed E-state index contributed by atoms with van der Waals surface area (Å²) in [4.78, 5) is 11.4. The maximum atomic E-state index is 11.4. The molecule has 18 heavy (non-hydrogen) atoms. The molecule has 1 aliphatic heterocycles. The molecule has 1 fully saturated rings. The van der Waals surface area contributed by atoms with Crippen LogP contribution in [0.25, 0.3) is 0 Å². The summed E-state index contributed by atoms with van der Waals surface area (Å²) in [5.41, 5.74) is 0.851. The summed E-state index contributed by atoms with van der Waals surface area (Å²) in [7, 11) is 2.96. The van der Waals surface area contributed by atoms with Crippen LogP contribution in [0.2, 0.25) is 0 Å². The first-order valence-electron chi connectivity index (χ1n) is 5.73. The van der Waals surface area contributed by atoms with Crippen molar-refractivity contribution in [2.24, 2.45) is 0 Å². The number of hydrogen-bond donors (Lipinski definition) is 0.